The van der Waals surface area contributed by atoms with E-state index in [1.807, 2.05) is 44.2 Å². The molecule has 1 amide bonds. The fraction of sp³-hybridized carbons (Fsp3) is 0.263. The van der Waals surface area contributed by atoms with Gasteiger partial charge in [-0.15, -0.1) is 0 Å². The van der Waals surface area contributed by atoms with Crippen LogP contribution in [0.4, 0.5) is 5.69 Å². The summed E-state index contributed by atoms with van der Waals surface area (Å²) in [5.41, 5.74) is 2.58. The molecule has 6 heteroatoms. The molecule has 6 nitrogen and oxygen atoms in total. The molecule has 132 valence electrons. The van der Waals surface area contributed by atoms with Crippen molar-refractivity contribution in [3.05, 3.63) is 53.6 Å². The molecule has 0 aliphatic heterocycles. The van der Waals surface area contributed by atoms with Gasteiger partial charge < -0.3 is 19.6 Å². The van der Waals surface area contributed by atoms with Gasteiger partial charge in [0.2, 0.25) is 0 Å². The van der Waals surface area contributed by atoms with Gasteiger partial charge in [0.25, 0.3) is 5.91 Å². The van der Waals surface area contributed by atoms with Crippen LogP contribution in [0.15, 0.2) is 47.6 Å². The number of hydrogen-bond acceptors (Lipinski definition) is 5. The second-order valence-electron chi connectivity index (χ2n) is 5.27. The second kappa shape index (κ2) is 9.32. The number of rotatable bonds is 8. The maximum atomic E-state index is 11.8. The largest absolute Gasteiger partial charge is 0.493 e. The van der Waals surface area contributed by atoms with E-state index in [4.69, 9.17) is 14.3 Å². The van der Waals surface area contributed by atoms with E-state index in [1.165, 1.54) is 6.21 Å². The number of nitrogens with zero attached hydrogens (tertiary/aromatic N) is 1. The number of ether oxygens (including phenoxy) is 2. The molecule has 0 unspecified atom stereocenters. The summed E-state index contributed by atoms with van der Waals surface area (Å²) in [6, 6.07) is 12.9. The Kier molecular flexibility index (Phi) is 6.83. The summed E-state index contributed by atoms with van der Waals surface area (Å²) in [7, 11) is 1.57. The van der Waals surface area contributed by atoms with Crippen molar-refractivity contribution in [1.29, 1.82) is 0 Å². The van der Waals surface area contributed by atoms with Crippen molar-refractivity contribution in [3.63, 3.8) is 0 Å². The van der Waals surface area contributed by atoms with Gasteiger partial charge >= 0.3 is 0 Å². The van der Waals surface area contributed by atoms with Crippen LogP contribution in [0.3, 0.4) is 0 Å². The van der Waals surface area contributed by atoms with Crippen LogP contribution < -0.4 is 14.8 Å². The third-order valence-corrected chi connectivity index (χ3v) is 3.26. The number of hydrogen-bond donors (Lipinski definition) is 1. The van der Waals surface area contributed by atoms with Crippen molar-refractivity contribution in [2.45, 2.75) is 13.8 Å². The third-order valence-electron chi connectivity index (χ3n) is 3.26. The van der Waals surface area contributed by atoms with Gasteiger partial charge in [-0.3, -0.25) is 4.79 Å². The van der Waals surface area contributed by atoms with Crippen molar-refractivity contribution in [3.8, 4) is 11.5 Å². The van der Waals surface area contributed by atoms with E-state index in [1.54, 1.807) is 19.2 Å². The number of nitrogens with one attached hydrogen (secondary N) is 1. The molecule has 0 saturated carbocycles. The van der Waals surface area contributed by atoms with Crippen molar-refractivity contribution in [1.82, 2.24) is 0 Å². The minimum atomic E-state index is -0.271. The fourth-order valence-corrected chi connectivity index (χ4v) is 2.15. The summed E-state index contributed by atoms with van der Waals surface area (Å²) in [6.07, 6.45) is 1.51. The molecule has 0 fully saturated rings. The van der Waals surface area contributed by atoms with Crippen molar-refractivity contribution in [2.24, 2.45) is 5.16 Å². The van der Waals surface area contributed by atoms with Gasteiger partial charge in [0.15, 0.2) is 18.1 Å². The number of methoxy groups -OCH3 is 1. The van der Waals surface area contributed by atoms with E-state index in [-0.39, 0.29) is 12.5 Å². The maximum absolute atomic E-state index is 11.8. The molecule has 2 aromatic rings. The number of amides is 1. The van der Waals surface area contributed by atoms with Gasteiger partial charge in [0, 0.05) is 11.3 Å². The zero-order valence-corrected chi connectivity index (χ0v) is 14.6. The Morgan fingerprint density at radius 2 is 2.04 bits per heavy atom. The molecule has 0 aliphatic rings. The minimum Gasteiger partial charge on any atom is -0.493 e. The summed E-state index contributed by atoms with van der Waals surface area (Å²) in [5, 5.41) is 6.56. The standard InChI is InChI=1S/C19H22N2O4/c1-4-24-17-9-8-15(11-18(17)23-3)12-20-25-13-19(22)21-16-7-5-6-14(2)10-16/h5-12H,4,13H2,1-3H3,(H,21,22)/b20-12+. The maximum Gasteiger partial charge on any atom is 0.265 e. The zero-order chi connectivity index (χ0) is 18.1. The molecular weight excluding hydrogens is 320 g/mol. The molecule has 0 saturated heterocycles. The molecule has 0 aromatic heterocycles. The van der Waals surface area contributed by atoms with Crippen LogP contribution in [-0.2, 0) is 9.63 Å². The highest BCUT2D eigenvalue weighted by Crippen LogP contribution is 2.27. The molecule has 25 heavy (non-hydrogen) atoms. The Morgan fingerprint density at radius 3 is 2.76 bits per heavy atom. The van der Waals surface area contributed by atoms with Gasteiger partial charge in [-0.25, -0.2) is 0 Å². The molecule has 0 heterocycles. The van der Waals surface area contributed by atoms with Gasteiger partial charge in [-0.05, 0) is 49.7 Å². The first-order chi connectivity index (χ1) is 12.1. The van der Waals surface area contributed by atoms with E-state index in [9.17, 15) is 4.79 Å². The van der Waals surface area contributed by atoms with Gasteiger partial charge in [-0.1, -0.05) is 17.3 Å². The second-order valence-corrected chi connectivity index (χ2v) is 5.27. The molecule has 0 bridgehead atoms. The normalized spacial score (nSPS) is 10.5. The number of oxime groups is 1. The van der Waals surface area contributed by atoms with E-state index in [2.05, 4.69) is 10.5 Å². The lowest BCUT2D eigenvalue weighted by Crippen LogP contribution is -2.16. The number of benzene rings is 2. The monoisotopic (exact) mass is 342 g/mol. The van der Waals surface area contributed by atoms with Crippen LogP contribution >= 0.6 is 0 Å². The first-order valence-corrected chi connectivity index (χ1v) is 7.95. The lowest BCUT2D eigenvalue weighted by molar-refractivity contribution is -0.120. The van der Waals surface area contributed by atoms with E-state index < -0.39 is 0 Å². The smallest absolute Gasteiger partial charge is 0.265 e. The SMILES string of the molecule is CCOc1ccc(/C=N/OCC(=O)Nc2cccc(C)c2)cc1OC. The summed E-state index contributed by atoms with van der Waals surface area (Å²) in [6.45, 7) is 4.26. The van der Waals surface area contributed by atoms with E-state index in [0.29, 0.717) is 18.1 Å². The Labute approximate surface area is 147 Å². The Bertz CT molecular complexity index is 744. The van der Waals surface area contributed by atoms with Gasteiger partial charge in [0.1, 0.15) is 0 Å². The van der Waals surface area contributed by atoms with Crippen LogP contribution in [0.5, 0.6) is 11.5 Å². The van der Waals surface area contributed by atoms with Gasteiger partial charge in [0.05, 0.1) is 19.9 Å². The lowest BCUT2D eigenvalue weighted by Gasteiger charge is -2.09. The topological polar surface area (TPSA) is 69.2 Å². The summed E-state index contributed by atoms with van der Waals surface area (Å²) in [5.74, 6) is 1.01. The van der Waals surface area contributed by atoms with Crippen LogP contribution in [0, 0.1) is 6.92 Å². The first-order valence-electron chi connectivity index (χ1n) is 7.95. The minimum absolute atomic E-state index is 0.168. The zero-order valence-electron chi connectivity index (χ0n) is 14.6. The molecule has 0 aliphatic carbocycles. The number of anilines is 1. The molecule has 2 rings (SSSR count). The molecular formula is C19H22N2O4. The number of carbonyl (C=O) groups excluding carboxylic acids is 1. The van der Waals surface area contributed by atoms with Gasteiger partial charge in [-0.2, -0.15) is 0 Å². The Balaban J connectivity index is 1.85. The number of carbonyl (C=O) groups is 1. The van der Waals surface area contributed by atoms with E-state index in [0.717, 1.165) is 16.8 Å². The summed E-state index contributed by atoms with van der Waals surface area (Å²) in [4.78, 5) is 16.8. The summed E-state index contributed by atoms with van der Waals surface area (Å²) >= 11 is 0. The average molecular weight is 342 g/mol. The molecule has 0 atom stereocenters. The molecule has 0 radical (unpaired) electrons. The fourth-order valence-electron chi connectivity index (χ4n) is 2.15. The van der Waals surface area contributed by atoms with Crippen molar-refractivity contribution in [2.75, 3.05) is 25.6 Å². The van der Waals surface area contributed by atoms with E-state index >= 15 is 0 Å². The highest BCUT2D eigenvalue weighted by Gasteiger charge is 2.05. The predicted molar refractivity (Wildman–Crippen MR) is 97.5 cm³/mol. The van der Waals surface area contributed by atoms with Crippen molar-refractivity contribution < 1.29 is 19.1 Å². The van der Waals surface area contributed by atoms with Crippen LogP contribution in [-0.4, -0.2) is 32.4 Å². The predicted octanol–water partition coefficient (Wildman–Crippen LogP) is 3.39. The Hall–Kier alpha value is -3.02. The highest BCUT2D eigenvalue weighted by atomic mass is 16.6. The summed E-state index contributed by atoms with van der Waals surface area (Å²) < 4.78 is 10.7. The molecule has 2 aromatic carbocycles. The average Bonchev–Trinajstić information content (AvgIpc) is 2.60. The highest BCUT2D eigenvalue weighted by molar-refractivity contribution is 5.91. The van der Waals surface area contributed by atoms with Crippen LogP contribution in [0.25, 0.3) is 0 Å². The van der Waals surface area contributed by atoms with Crippen molar-refractivity contribution >= 4 is 17.8 Å². The first kappa shape index (κ1) is 18.3. The quantitative estimate of drug-likeness (QED) is 0.590. The molecule has 0 spiro atoms. The molecule has 1 N–H and O–H groups in total. The van der Waals surface area contributed by atoms with Crippen LogP contribution in [0.2, 0.25) is 0 Å². The Morgan fingerprint density at radius 1 is 1.20 bits per heavy atom. The van der Waals surface area contributed by atoms with Crippen LogP contribution in [0.1, 0.15) is 18.1 Å². The third kappa shape index (κ3) is 5.84. The lowest BCUT2D eigenvalue weighted by atomic mass is 10.2. The number of aryl methyl sites for hydroxylation is 1.